The summed E-state index contributed by atoms with van der Waals surface area (Å²) in [5.41, 5.74) is 1.22. The van der Waals surface area contributed by atoms with Crippen molar-refractivity contribution in [1.82, 2.24) is 5.16 Å². The molecular formula is C17H20N2O5. The highest BCUT2D eigenvalue weighted by Gasteiger charge is 2.23. The lowest BCUT2D eigenvalue weighted by molar-refractivity contribution is -0.124. The molecule has 1 aromatic heterocycles. The Labute approximate surface area is 139 Å². The van der Waals surface area contributed by atoms with E-state index in [1.54, 1.807) is 45.2 Å². The maximum absolute atomic E-state index is 12.3. The van der Waals surface area contributed by atoms with Crippen LogP contribution in [0.3, 0.4) is 0 Å². The van der Waals surface area contributed by atoms with Gasteiger partial charge in [-0.15, -0.1) is 0 Å². The molecule has 0 bridgehead atoms. The van der Waals surface area contributed by atoms with Crippen LogP contribution in [0.1, 0.15) is 35.0 Å². The Morgan fingerprint density at radius 2 is 2.12 bits per heavy atom. The minimum atomic E-state index is -0.916. The van der Waals surface area contributed by atoms with Crippen molar-refractivity contribution >= 4 is 17.7 Å². The van der Waals surface area contributed by atoms with Crippen molar-refractivity contribution in [3.8, 4) is 0 Å². The van der Waals surface area contributed by atoms with Crippen LogP contribution in [0.5, 0.6) is 0 Å². The molecule has 7 heteroatoms. The lowest BCUT2D eigenvalue weighted by atomic mass is 10.1. The molecule has 0 aliphatic heterocycles. The van der Waals surface area contributed by atoms with Gasteiger partial charge in [0, 0.05) is 13.2 Å². The number of aryl methyl sites for hydroxylation is 1. The number of carbonyl (C=O) groups excluding carboxylic acids is 2. The summed E-state index contributed by atoms with van der Waals surface area (Å²) in [5.74, 6) is -0.155. The number of hydrogen-bond donors (Lipinski definition) is 1. The van der Waals surface area contributed by atoms with E-state index in [0.717, 1.165) is 5.56 Å². The Balaban J connectivity index is 2.02. The zero-order valence-corrected chi connectivity index (χ0v) is 13.9. The number of methoxy groups -OCH3 is 1. The Bertz CT molecular complexity index is 711. The molecule has 1 aromatic carbocycles. The monoisotopic (exact) mass is 332 g/mol. The van der Waals surface area contributed by atoms with Crippen LogP contribution >= 0.6 is 0 Å². The highest BCUT2D eigenvalue weighted by Crippen LogP contribution is 2.13. The van der Waals surface area contributed by atoms with E-state index in [4.69, 9.17) is 14.0 Å². The number of hydrogen-bond acceptors (Lipinski definition) is 6. The second-order valence-corrected chi connectivity index (χ2v) is 5.25. The minimum absolute atomic E-state index is 0.286. The van der Waals surface area contributed by atoms with Crippen molar-refractivity contribution in [1.29, 1.82) is 0 Å². The summed E-state index contributed by atoms with van der Waals surface area (Å²) in [7, 11) is 1.58. The molecule has 1 unspecified atom stereocenters. The summed E-state index contributed by atoms with van der Waals surface area (Å²) in [4.78, 5) is 24.5. The molecule has 0 fully saturated rings. The summed E-state index contributed by atoms with van der Waals surface area (Å²) in [5, 5.41) is 6.24. The molecule has 0 aliphatic rings. The first-order chi connectivity index (χ1) is 11.5. The summed E-state index contributed by atoms with van der Waals surface area (Å²) in [6, 6.07) is 8.48. The van der Waals surface area contributed by atoms with E-state index in [9.17, 15) is 9.59 Å². The zero-order valence-electron chi connectivity index (χ0n) is 13.9. The smallest absolute Gasteiger partial charge is 0.338 e. The first kappa shape index (κ1) is 17.7. The highest BCUT2D eigenvalue weighted by molar-refractivity contribution is 5.97. The highest BCUT2D eigenvalue weighted by atomic mass is 16.5. The number of amides is 1. The van der Waals surface area contributed by atoms with Gasteiger partial charge in [0.1, 0.15) is 5.76 Å². The van der Waals surface area contributed by atoms with Crippen molar-refractivity contribution in [2.24, 2.45) is 0 Å². The number of benzene rings is 1. The van der Waals surface area contributed by atoms with Gasteiger partial charge >= 0.3 is 5.97 Å². The third-order valence-electron chi connectivity index (χ3n) is 3.27. The number of anilines is 1. The van der Waals surface area contributed by atoms with Crippen LogP contribution in [0.25, 0.3) is 0 Å². The first-order valence-corrected chi connectivity index (χ1v) is 7.56. The predicted octanol–water partition coefficient (Wildman–Crippen LogP) is 2.70. The fourth-order valence-electron chi connectivity index (χ4n) is 2.11. The Kier molecular flexibility index (Phi) is 6.08. The molecule has 1 atom stereocenters. The fourth-order valence-corrected chi connectivity index (χ4v) is 2.11. The molecule has 24 heavy (non-hydrogen) atoms. The SMILES string of the molecule is CCC(OC(=O)c1cccc(COC)c1)C(=O)Nc1cc(C)on1. The summed E-state index contributed by atoms with van der Waals surface area (Å²) < 4.78 is 15.2. The van der Waals surface area contributed by atoms with Gasteiger partial charge in [-0.3, -0.25) is 4.79 Å². The second-order valence-electron chi connectivity index (χ2n) is 5.25. The van der Waals surface area contributed by atoms with Crippen molar-refractivity contribution in [2.75, 3.05) is 12.4 Å². The van der Waals surface area contributed by atoms with E-state index >= 15 is 0 Å². The fraction of sp³-hybridized carbons (Fsp3) is 0.353. The molecule has 7 nitrogen and oxygen atoms in total. The quantitative estimate of drug-likeness (QED) is 0.784. The molecule has 128 valence electrons. The molecule has 2 rings (SSSR count). The lowest BCUT2D eigenvalue weighted by Crippen LogP contribution is -2.32. The van der Waals surface area contributed by atoms with Gasteiger partial charge in [0.15, 0.2) is 11.9 Å². The molecule has 0 saturated heterocycles. The molecular weight excluding hydrogens is 312 g/mol. The van der Waals surface area contributed by atoms with Crippen LogP contribution in [0.15, 0.2) is 34.9 Å². The van der Waals surface area contributed by atoms with E-state index in [1.165, 1.54) is 0 Å². The van der Waals surface area contributed by atoms with E-state index in [-0.39, 0.29) is 5.82 Å². The van der Waals surface area contributed by atoms with Gasteiger partial charge in [0.25, 0.3) is 5.91 Å². The van der Waals surface area contributed by atoms with E-state index in [2.05, 4.69) is 10.5 Å². The third-order valence-corrected chi connectivity index (χ3v) is 3.27. The third kappa shape index (κ3) is 4.66. The van der Waals surface area contributed by atoms with Crippen LogP contribution < -0.4 is 5.32 Å². The van der Waals surface area contributed by atoms with Gasteiger partial charge in [0.2, 0.25) is 0 Å². The van der Waals surface area contributed by atoms with Gasteiger partial charge in [0.05, 0.1) is 12.2 Å². The Hall–Kier alpha value is -2.67. The maximum Gasteiger partial charge on any atom is 0.338 e. The summed E-state index contributed by atoms with van der Waals surface area (Å²) in [6.07, 6.45) is -0.577. The van der Waals surface area contributed by atoms with Gasteiger partial charge < -0.3 is 19.3 Å². The number of esters is 1. The molecule has 2 aromatic rings. The Morgan fingerprint density at radius 3 is 2.75 bits per heavy atom. The topological polar surface area (TPSA) is 90.7 Å². The number of carbonyl (C=O) groups is 2. The number of rotatable bonds is 7. The van der Waals surface area contributed by atoms with Crippen LogP contribution in [0.2, 0.25) is 0 Å². The average molecular weight is 332 g/mol. The second kappa shape index (κ2) is 8.26. The van der Waals surface area contributed by atoms with Crippen LogP contribution in [-0.2, 0) is 20.9 Å². The molecule has 0 aliphatic carbocycles. The van der Waals surface area contributed by atoms with Gasteiger partial charge in [-0.25, -0.2) is 4.79 Å². The molecule has 0 saturated carbocycles. The van der Waals surface area contributed by atoms with Crippen molar-refractivity contribution in [2.45, 2.75) is 33.0 Å². The van der Waals surface area contributed by atoms with Crippen molar-refractivity contribution < 1.29 is 23.6 Å². The number of nitrogens with zero attached hydrogens (tertiary/aromatic N) is 1. The maximum atomic E-state index is 12.3. The number of ether oxygens (including phenoxy) is 2. The zero-order chi connectivity index (χ0) is 17.5. The molecule has 0 radical (unpaired) electrons. The standard InChI is InChI=1S/C17H20N2O5/c1-4-14(16(20)18-15-8-11(2)24-19-15)23-17(21)13-7-5-6-12(9-13)10-22-3/h5-9,14H,4,10H2,1-3H3,(H,18,19,20). The van der Waals surface area contributed by atoms with E-state index in [0.29, 0.717) is 24.4 Å². The largest absolute Gasteiger partial charge is 0.449 e. The van der Waals surface area contributed by atoms with Crippen molar-refractivity contribution in [3.63, 3.8) is 0 Å². The Morgan fingerprint density at radius 1 is 1.33 bits per heavy atom. The minimum Gasteiger partial charge on any atom is -0.449 e. The van der Waals surface area contributed by atoms with Gasteiger partial charge in [-0.05, 0) is 31.0 Å². The average Bonchev–Trinajstić information content (AvgIpc) is 2.97. The summed E-state index contributed by atoms with van der Waals surface area (Å²) >= 11 is 0. The van der Waals surface area contributed by atoms with Crippen molar-refractivity contribution in [3.05, 3.63) is 47.2 Å². The molecule has 0 spiro atoms. The normalized spacial score (nSPS) is 11.8. The van der Waals surface area contributed by atoms with Gasteiger partial charge in [-0.1, -0.05) is 24.2 Å². The van der Waals surface area contributed by atoms with Crippen LogP contribution in [0, 0.1) is 6.92 Å². The van der Waals surface area contributed by atoms with Crippen LogP contribution in [-0.4, -0.2) is 30.2 Å². The van der Waals surface area contributed by atoms with Crippen LogP contribution in [0.4, 0.5) is 5.82 Å². The van der Waals surface area contributed by atoms with Gasteiger partial charge in [-0.2, -0.15) is 0 Å². The molecule has 1 N–H and O–H groups in total. The molecule has 1 heterocycles. The lowest BCUT2D eigenvalue weighted by Gasteiger charge is -2.15. The predicted molar refractivity (Wildman–Crippen MR) is 86.5 cm³/mol. The van der Waals surface area contributed by atoms with E-state index < -0.39 is 18.0 Å². The number of nitrogens with one attached hydrogen (secondary N) is 1. The summed E-state index contributed by atoms with van der Waals surface area (Å²) in [6.45, 7) is 3.87. The number of aromatic nitrogens is 1. The molecule has 1 amide bonds. The first-order valence-electron chi connectivity index (χ1n) is 7.56. The van der Waals surface area contributed by atoms with E-state index in [1.807, 2.05) is 6.07 Å².